The molecule has 0 unspecified atom stereocenters. The van der Waals surface area contributed by atoms with Gasteiger partial charge in [-0.3, -0.25) is 0 Å². The van der Waals surface area contributed by atoms with Gasteiger partial charge in [-0.05, 0) is 30.9 Å². The maximum atomic E-state index is 10.7. The minimum Gasteiger partial charge on any atom is -0.384 e. The Morgan fingerprint density at radius 3 is 1.93 bits per heavy atom. The van der Waals surface area contributed by atoms with E-state index >= 15 is 0 Å². The minimum absolute atomic E-state index is 0.251. The average Bonchev–Trinajstić information content (AvgIpc) is 2.49. The Hall–Kier alpha value is -0.340. The van der Waals surface area contributed by atoms with Crippen LogP contribution in [0.15, 0.2) is 12.1 Å². The topological polar surface area (TPSA) is 20.2 Å². The van der Waals surface area contributed by atoms with E-state index in [2.05, 4.69) is 46.8 Å². The van der Waals surface area contributed by atoms with E-state index in [4.69, 9.17) is 0 Å². The fourth-order valence-corrected chi connectivity index (χ4v) is 3.14. The second kappa shape index (κ2) is 4.03. The predicted molar refractivity (Wildman–Crippen MR) is 62.6 cm³/mol. The molecule has 14 heavy (non-hydrogen) atoms. The molecule has 1 heterocycles. The molecule has 0 aliphatic rings. The summed E-state index contributed by atoms with van der Waals surface area (Å²) in [7, 11) is 0. The lowest BCUT2D eigenvalue weighted by Gasteiger charge is -2.35. The Balaban J connectivity index is 3.12. The van der Waals surface area contributed by atoms with E-state index in [9.17, 15) is 5.11 Å². The van der Waals surface area contributed by atoms with Crippen LogP contribution in [-0.4, -0.2) is 5.11 Å². The van der Waals surface area contributed by atoms with Crippen molar-refractivity contribution in [2.45, 2.75) is 40.2 Å². The molecule has 1 nitrogen and oxygen atoms in total. The van der Waals surface area contributed by atoms with Crippen molar-refractivity contribution in [3.8, 4) is 0 Å². The van der Waals surface area contributed by atoms with Crippen LogP contribution >= 0.6 is 11.3 Å². The Bertz CT molecular complexity index is 291. The second-order valence-electron chi connectivity index (χ2n) is 4.55. The van der Waals surface area contributed by atoms with E-state index in [1.807, 2.05) is 0 Å². The summed E-state index contributed by atoms with van der Waals surface area (Å²) in [5, 5.41) is 10.7. The molecule has 2 heteroatoms. The smallest absolute Gasteiger partial charge is 0.103 e. The van der Waals surface area contributed by atoms with Crippen LogP contribution in [0, 0.1) is 18.8 Å². The summed E-state index contributed by atoms with van der Waals surface area (Å²) in [4.78, 5) is 2.36. The summed E-state index contributed by atoms with van der Waals surface area (Å²) >= 11 is 1.70. The van der Waals surface area contributed by atoms with Gasteiger partial charge in [0, 0.05) is 9.75 Å². The van der Waals surface area contributed by atoms with Crippen LogP contribution < -0.4 is 0 Å². The molecule has 0 radical (unpaired) electrons. The number of hydrogen-bond acceptors (Lipinski definition) is 2. The molecule has 0 aliphatic carbocycles. The summed E-state index contributed by atoms with van der Waals surface area (Å²) in [6.45, 7) is 10.4. The molecule has 0 fully saturated rings. The van der Waals surface area contributed by atoms with Gasteiger partial charge in [-0.25, -0.2) is 0 Å². The number of rotatable bonds is 3. The zero-order valence-corrected chi connectivity index (χ0v) is 10.5. The Labute approximate surface area is 90.8 Å². The number of thiophene rings is 1. The largest absolute Gasteiger partial charge is 0.384 e. The number of aryl methyl sites for hydroxylation is 1. The van der Waals surface area contributed by atoms with E-state index in [1.165, 1.54) is 4.88 Å². The van der Waals surface area contributed by atoms with Gasteiger partial charge in [-0.1, -0.05) is 27.7 Å². The molecule has 0 aromatic carbocycles. The highest BCUT2D eigenvalue weighted by Crippen LogP contribution is 2.39. The van der Waals surface area contributed by atoms with Crippen molar-refractivity contribution in [1.29, 1.82) is 0 Å². The highest BCUT2D eigenvalue weighted by molar-refractivity contribution is 7.12. The van der Waals surface area contributed by atoms with Crippen molar-refractivity contribution in [2.75, 3.05) is 0 Å². The fourth-order valence-electron chi connectivity index (χ4n) is 1.89. The molecule has 0 aliphatic heterocycles. The minimum atomic E-state index is -0.668. The molecule has 1 aromatic rings. The van der Waals surface area contributed by atoms with Gasteiger partial charge >= 0.3 is 0 Å². The van der Waals surface area contributed by atoms with Gasteiger partial charge in [-0.2, -0.15) is 0 Å². The lowest BCUT2D eigenvalue weighted by atomic mass is 9.79. The average molecular weight is 212 g/mol. The molecule has 1 aromatic heterocycles. The van der Waals surface area contributed by atoms with E-state index in [0.29, 0.717) is 0 Å². The molecule has 1 N–H and O–H groups in total. The van der Waals surface area contributed by atoms with Crippen molar-refractivity contribution in [1.82, 2.24) is 0 Å². The van der Waals surface area contributed by atoms with Gasteiger partial charge < -0.3 is 5.11 Å². The first-order valence-corrected chi connectivity index (χ1v) is 6.00. The highest BCUT2D eigenvalue weighted by Gasteiger charge is 2.37. The monoisotopic (exact) mass is 212 g/mol. The Kier molecular flexibility index (Phi) is 3.38. The quantitative estimate of drug-likeness (QED) is 0.812. The molecule has 0 bridgehead atoms. The Morgan fingerprint density at radius 2 is 1.64 bits per heavy atom. The van der Waals surface area contributed by atoms with Crippen molar-refractivity contribution >= 4 is 11.3 Å². The van der Waals surface area contributed by atoms with Crippen LogP contribution in [0.25, 0.3) is 0 Å². The maximum Gasteiger partial charge on any atom is 0.103 e. The van der Waals surface area contributed by atoms with Crippen LogP contribution in [0.3, 0.4) is 0 Å². The Morgan fingerprint density at radius 1 is 1.14 bits per heavy atom. The van der Waals surface area contributed by atoms with Crippen molar-refractivity contribution in [3.05, 3.63) is 21.9 Å². The van der Waals surface area contributed by atoms with Crippen LogP contribution in [0.1, 0.15) is 37.4 Å². The first kappa shape index (κ1) is 11.7. The summed E-state index contributed by atoms with van der Waals surface area (Å²) in [5.74, 6) is 0.501. The van der Waals surface area contributed by atoms with Crippen molar-refractivity contribution < 1.29 is 5.11 Å². The van der Waals surface area contributed by atoms with E-state index in [1.54, 1.807) is 11.3 Å². The second-order valence-corrected chi connectivity index (χ2v) is 5.83. The number of hydrogen-bond donors (Lipinski definition) is 1. The van der Waals surface area contributed by atoms with Gasteiger partial charge in [0.25, 0.3) is 0 Å². The summed E-state index contributed by atoms with van der Waals surface area (Å²) in [6, 6.07) is 4.13. The summed E-state index contributed by atoms with van der Waals surface area (Å²) in [6.07, 6.45) is 0. The van der Waals surface area contributed by atoms with Gasteiger partial charge in [-0.15, -0.1) is 11.3 Å². The molecule has 0 saturated carbocycles. The highest BCUT2D eigenvalue weighted by atomic mass is 32.1. The third-order valence-corrected chi connectivity index (χ3v) is 4.04. The summed E-state index contributed by atoms with van der Waals surface area (Å²) in [5.41, 5.74) is -0.668. The lowest BCUT2D eigenvalue weighted by molar-refractivity contribution is -0.0498. The molecule has 0 atom stereocenters. The third-order valence-electron chi connectivity index (χ3n) is 2.90. The molecule has 80 valence electrons. The molecule has 0 saturated heterocycles. The van der Waals surface area contributed by atoms with Crippen LogP contribution in [-0.2, 0) is 5.60 Å². The van der Waals surface area contributed by atoms with Gasteiger partial charge in [0.2, 0.25) is 0 Å². The maximum absolute atomic E-state index is 10.7. The first-order chi connectivity index (χ1) is 6.39. The SMILES string of the molecule is Cc1ccc(C(O)(C(C)C)C(C)C)s1. The lowest BCUT2D eigenvalue weighted by Crippen LogP contribution is -2.36. The van der Waals surface area contributed by atoms with E-state index in [-0.39, 0.29) is 11.8 Å². The predicted octanol–water partition coefficient (Wildman–Crippen LogP) is 3.56. The summed E-state index contributed by atoms with van der Waals surface area (Å²) < 4.78 is 0. The van der Waals surface area contributed by atoms with Gasteiger partial charge in [0.1, 0.15) is 5.60 Å². The van der Waals surface area contributed by atoms with Crippen LogP contribution in [0.4, 0.5) is 0 Å². The van der Waals surface area contributed by atoms with Gasteiger partial charge in [0.15, 0.2) is 0 Å². The number of aliphatic hydroxyl groups is 1. The zero-order chi connectivity index (χ0) is 10.9. The molecule has 0 amide bonds. The van der Waals surface area contributed by atoms with E-state index < -0.39 is 5.60 Å². The van der Waals surface area contributed by atoms with Crippen molar-refractivity contribution in [2.24, 2.45) is 11.8 Å². The molecule has 0 spiro atoms. The van der Waals surface area contributed by atoms with Gasteiger partial charge in [0.05, 0.1) is 0 Å². The van der Waals surface area contributed by atoms with Crippen LogP contribution in [0.5, 0.6) is 0 Å². The third kappa shape index (κ3) is 1.86. The normalized spacial score (nSPS) is 12.9. The van der Waals surface area contributed by atoms with Crippen molar-refractivity contribution in [3.63, 3.8) is 0 Å². The fraction of sp³-hybridized carbons (Fsp3) is 0.667. The van der Waals surface area contributed by atoms with E-state index in [0.717, 1.165) is 4.88 Å². The molecule has 1 rings (SSSR count). The van der Waals surface area contributed by atoms with Crippen LogP contribution in [0.2, 0.25) is 0 Å². The molecular formula is C12H20OS. The molecular weight excluding hydrogens is 192 g/mol. The standard InChI is InChI=1S/C12H20OS/c1-8(2)12(13,9(3)4)11-7-6-10(5)14-11/h6-9,13H,1-5H3. The first-order valence-electron chi connectivity index (χ1n) is 5.18. The zero-order valence-electron chi connectivity index (χ0n) is 9.66.